The summed E-state index contributed by atoms with van der Waals surface area (Å²) in [7, 11) is 0. The predicted molar refractivity (Wildman–Crippen MR) is 109 cm³/mol. The van der Waals surface area contributed by atoms with Crippen molar-refractivity contribution in [3.05, 3.63) is 29.3 Å². The number of benzene rings is 1. The van der Waals surface area contributed by atoms with Gasteiger partial charge in [-0.25, -0.2) is 0 Å². The summed E-state index contributed by atoms with van der Waals surface area (Å²) in [5.41, 5.74) is 3.34. The number of amides is 1. The molecule has 146 valence electrons. The highest BCUT2D eigenvalue weighted by Crippen LogP contribution is 2.28. The van der Waals surface area contributed by atoms with Crippen LogP contribution >= 0.6 is 23.1 Å². The van der Waals surface area contributed by atoms with Crippen molar-refractivity contribution in [2.24, 2.45) is 0 Å². The SMILES string of the molecule is Cc1ccc(Nc2nnc(SCC(=O)NCCCCCC(=O)O)s2)c(C)c1. The number of nitrogens with one attached hydrogen (secondary N) is 2. The zero-order chi connectivity index (χ0) is 19.6. The van der Waals surface area contributed by atoms with Gasteiger partial charge >= 0.3 is 5.97 Å². The van der Waals surface area contributed by atoms with Gasteiger partial charge < -0.3 is 15.7 Å². The first kappa shape index (κ1) is 21.2. The summed E-state index contributed by atoms with van der Waals surface area (Å²) < 4.78 is 0.735. The van der Waals surface area contributed by atoms with Crippen LogP contribution in [0.5, 0.6) is 0 Å². The summed E-state index contributed by atoms with van der Waals surface area (Å²) in [6, 6.07) is 6.16. The van der Waals surface area contributed by atoms with Gasteiger partial charge in [-0.15, -0.1) is 10.2 Å². The van der Waals surface area contributed by atoms with E-state index in [1.807, 2.05) is 19.1 Å². The first-order chi connectivity index (χ1) is 12.9. The van der Waals surface area contributed by atoms with Gasteiger partial charge in [0, 0.05) is 18.7 Å². The first-order valence-corrected chi connectivity index (χ1v) is 10.5. The molecule has 0 aliphatic rings. The van der Waals surface area contributed by atoms with Crippen LogP contribution in [0.15, 0.2) is 22.5 Å². The molecule has 0 atom stereocenters. The zero-order valence-corrected chi connectivity index (χ0v) is 17.1. The molecule has 7 nitrogen and oxygen atoms in total. The van der Waals surface area contributed by atoms with Crippen molar-refractivity contribution in [1.29, 1.82) is 0 Å². The van der Waals surface area contributed by atoms with Crippen LogP contribution in [0, 0.1) is 13.8 Å². The Morgan fingerprint density at radius 2 is 2.00 bits per heavy atom. The van der Waals surface area contributed by atoms with E-state index in [-0.39, 0.29) is 18.1 Å². The van der Waals surface area contributed by atoms with E-state index in [4.69, 9.17) is 5.11 Å². The Labute approximate surface area is 167 Å². The van der Waals surface area contributed by atoms with Crippen molar-refractivity contribution in [2.75, 3.05) is 17.6 Å². The summed E-state index contributed by atoms with van der Waals surface area (Å²) in [5.74, 6) is -0.552. The minimum atomic E-state index is -0.779. The fourth-order valence-corrected chi connectivity index (χ4v) is 3.97. The summed E-state index contributed by atoms with van der Waals surface area (Å²) >= 11 is 2.77. The van der Waals surface area contributed by atoms with Gasteiger partial charge in [0.15, 0.2) is 4.34 Å². The smallest absolute Gasteiger partial charge is 0.303 e. The number of carbonyl (C=O) groups is 2. The van der Waals surface area contributed by atoms with Gasteiger partial charge in [-0.3, -0.25) is 9.59 Å². The van der Waals surface area contributed by atoms with E-state index < -0.39 is 5.97 Å². The van der Waals surface area contributed by atoms with Gasteiger partial charge in [0.1, 0.15) is 0 Å². The number of hydrogen-bond acceptors (Lipinski definition) is 7. The van der Waals surface area contributed by atoms with Crippen molar-refractivity contribution in [3.63, 3.8) is 0 Å². The normalized spacial score (nSPS) is 10.6. The predicted octanol–water partition coefficient (Wildman–Crippen LogP) is 3.75. The molecule has 1 heterocycles. The first-order valence-electron chi connectivity index (χ1n) is 8.73. The van der Waals surface area contributed by atoms with Crippen LogP contribution in [0.1, 0.15) is 36.8 Å². The maximum Gasteiger partial charge on any atom is 0.303 e. The Balaban J connectivity index is 1.68. The van der Waals surface area contributed by atoms with Crippen molar-refractivity contribution in [2.45, 2.75) is 43.9 Å². The Morgan fingerprint density at radius 1 is 1.19 bits per heavy atom. The van der Waals surface area contributed by atoms with E-state index in [0.29, 0.717) is 18.1 Å². The Hall–Kier alpha value is -2.13. The number of unbranched alkanes of at least 4 members (excludes halogenated alkanes) is 2. The van der Waals surface area contributed by atoms with Crippen molar-refractivity contribution >= 4 is 45.8 Å². The topological polar surface area (TPSA) is 104 Å². The second-order valence-electron chi connectivity index (χ2n) is 6.16. The molecule has 0 aliphatic heterocycles. The van der Waals surface area contributed by atoms with Crippen LogP contribution < -0.4 is 10.6 Å². The highest BCUT2D eigenvalue weighted by molar-refractivity contribution is 8.01. The number of aromatic nitrogens is 2. The summed E-state index contributed by atoms with van der Waals surface area (Å²) in [6.07, 6.45) is 2.40. The van der Waals surface area contributed by atoms with Crippen molar-refractivity contribution in [1.82, 2.24) is 15.5 Å². The fourth-order valence-electron chi connectivity index (χ4n) is 2.37. The van der Waals surface area contributed by atoms with E-state index >= 15 is 0 Å². The number of rotatable bonds is 11. The molecule has 3 N–H and O–H groups in total. The molecule has 27 heavy (non-hydrogen) atoms. The Morgan fingerprint density at radius 3 is 2.74 bits per heavy atom. The lowest BCUT2D eigenvalue weighted by Crippen LogP contribution is -2.26. The molecule has 0 unspecified atom stereocenters. The van der Waals surface area contributed by atoms with Gasteiger partial charge in [-0.2, -0.15) is 0 Å². The Bertz CT molecular complexity index is 780. The average molecular weight is 409 g/mol. The van der Waals surface area contributed by atoms with E-state index in [9.17, 15) is 9.59 Å². The van der Waals surface area contributed by atoms with Crippen molar-refractivity contribution in [3.8, 4) is 0 Å². The number of aliphatic carboxylic acids is 1. The number of nitrogens with zero attached hydrogens (tertiary/aromatic N) is 2. The lowest BCUT2D eigenvalue weighted by Gasteiger charge is -2.06. The molecule has 2 aromatic rings. The standard InChI is InChI=1S/C18H24N4O3S2/c1-12-7-8-14(13(2)10-12)20-17-21-22-18(27-17)26-11-15(23)19-9-5-3-4-6-16(24)25/h7-8,10H,3-6,9,11H2,1-2H3,(H,19,23)(H,20,21)(H,24,25). The molecule has 1 aromatic carbocycles. The summed E-state index contributed by atoms with van der Waals surface area (Å²) in [5, 5.41) is 23.6. The van der Waals surface area contributed by atoms with Crippen LogP contribution in [0.4, 0.5) is 10.8 Å². The number of anilines is 2. The highest BCUT2D eigenvalue weighted by atomic mass is 32.2. The molecule has 9 heteroatoms. The van der Waals surface area contributed by atoms with Gasteiger partial charge in [0.2, 0.25) is 11.0 Å². The van der Waals surface area contributed by atoms with Crippen molar-refractivity contribution < 1.29 is 14.7 Å². The number of thioether (sulfide) groups is 1. The monoisotopic (exact) mass is 408 g/mol. The van der Waals surface area contributed by atoms with Crippen LogP contribution in [0.3, 0.4) is 0 Å². The van der Waals surface area contributed by atoms with Crippen LogP contribution in [-0.4, -0.2) is 39.5 Å². The third-order valence-electron chi connectivity index (χ3n) is 3.75. The van der Waals surface area contributed by atoms with Gasteiger partial charge in [0.05, 0.1) is 5.75 Å². The number of carbonyl (C=O) groups excluding carboxylic acids is 1. The minimum Gasteiger partial charge on any atom is -0.481 e. The molecule has 2 rings (SSSR count). The quantitative estimate of drug-likeness (QED) is 0.384. The molecular formula is C18H24N4O3S2. The summed E-state index contributed by atoms with van der Waals surface area (Å²) in [4.78, 5) is 22.3. The number of carboxylic acids is 1. The van der Waals surface area contributed by atoms with Gasteiger partial charge in [0.25, 0.3) is 0 Å². The number of hydrogen-bond donors (Lipinski definition) is 3. The highest BCUT2D eigenvalue weighted by Gasteiger charge is 2.09. The molecular weight excluding hydrogens is 384 g/mol. The molecule has 0 bridgehead atoms. The maximum atomic E-state index is 11.8. The lowest BCUT2D eigenvalue weighted by molar-refractivity contribution is -0.137. The lowest BCUT2D eigenvalue weighted by atomic mass is 10.1. The zero-order valence-electron chi connectivity index (χ0n) is 15.4. The minimum absolute atomic E-state index is 0.0580. The fraction of sp³-hybridized carbons (Fsp3) is 0.444. The molecule has 1 aromatic heterocycles. The third kappa shape index (κ3) is 7.96. The molecule has 0 saturated heterocycles. The second-order valence-corrected chi connectivity index (χ2v) is 8.36. The Kier molecular flexibility index (Phi) is 8.53. The largest absolute Gasteiger partial charge is 0.481 e. The van der Waals surface area contributed by atoms with Crippen LogP contribution in [-0.2, 0) is 9.59 Å². The van der Waals surface area contributed by atoms with E-state index in [2.05, 4.69) is 33.8 Å². The van der Waals surface area contributed by atoms with E-state index in [0.717, 1.165) is 28.4 Å². The molecule has 0 fully saturated rings. The maximum absolute atomic E-state index is 11.8. The number of carboxylic acid groups (broad SMARTS) is 1. The second kappa shape index (κ2) is 10.9. The average Bonchev–Trinajstić information content (AvgIpc) is 3.06. The van der Waals surface area contributed by atoms with Gasteiger partial charge in [-0.1, -0.05) is 47.2 Å². The molecule has 0 radical (unpaired) electrons. The van der Waals surface area contributed by atoms with Crippen LogP contribution in [0.25, 0.3) is 0 Å². The molecule has 1 amide bonds. The van der Waals surface area contributed by atoms with E-state index in [1.54, 1.807) is 0 Å². The molecule has 0 saturated carbocycles. The van der Waals surface area contributed by atoms with E-state index in [1.165, 1.54) is 28.7 Å². The third-order valence-corrected chi connectivity index (χ3v) is 5.72. The number of aryl methyl sites for hydroxylation is 2. The molecule has 0 spiro atoms. The van der Waals surface area contributed by atoms with Crippen LogP contribution in [0.2, 0.25) is 0 Å². The molecule has 0 aliphatic carbocycles. The van der Waals surface area contributed by atoms with Gasteiger partial charge in [-0.05, 0) is 38.3 Å². The summed E-state index contributed by atoms with van der Waals surface area (Å²) in [6.45, 7) is 4.66.